The summed E-state index contributed by atoms with van der Waals surface area (Å²) in [6, 6.07) is 7.02. The van der Waals surface area contributed by atoms with E-state index >= 15 is 0 Å². The molecule has 0 spiro atoms. The van der Waals surface area contributed by atoms with E-state index < -0.39 is 5.66 Å². The predicted molar refractivity (Wildman–Crippen MR) is 107 cm³/mol. The molecule has 1 fully saturated rings. The lowest BCUT2D eigenvalue weighted by Crippen LogP contribution is -2.69. The minimum absolute atomic E-state index is 0.146. The highest BCUT2D eigenvalue weighted by Gasteiger charge is 2.60. The molecule has 2 aliphatic heterocycles. The van der Waals surface area contributed by atoms with Crippen LogP contribution in [0.1, 0.15) is 48.7 Å². The molecule has 1 saturated heterocycles. The van der Waals surface area contributed by atoms with Crippen molar-refractivity contribution in [3.05, 3.63) is 40.9 Å². The molecule has 1 atom stereocenters. The summed E-state index contributed by atoms with van der Waals surface area (Å²) < 4.78 is 0. The van der Waals surface area contributed by atoms with Crippen molar-refractivity contribution in [2.24, 2.45) is 0 Å². The van der Waals surface area contributed by atoms with Crippen molar-refractivity contribution in [2.75, 3.05) is 16.8 Å². The molecule has 0 bridgehead atoms. The summed E-state index contributed by atoms with van der Waals surface area (Å²) in [7, 11) is 0. The number of anilines is 2. The second-order valence-electron chi connectivity index (χ2n) is 7.12. The van der Waals surface area contributed by atoms with Crippen LogP contribution in [-0.2, 0) is 9.59 Å². The van der Waals surface area contributed by atoms with Gasteiger partial charge in [0.25, 0.3) is 11.8 Å². The van der Waals surface area contributed by atoms with Crippen LogP contribution in [0.5, 0.6) is 0 Å². The lowest BCUT2D eigenvalue weighted by atomic mass is 9.95. The molecule has 8 heteroatoms. The van der Waals surface area contributed by atoms with Crippen molar-refractivity contribution in [1.82, 2.24) is 9.88 Å². The fraction of sp³-hybridized carbons (Fsp3) is 0.400. The molecule has 0 aliphatic carbocycles. The van der Waals surface area contributed by atoms with Gasteiger partial charge < -0.3 is 4.90 Å². The number of carbonyl (C=O) groups is 3. The smallest absolute Gasteiger partial charge is 0.273 e. The summed E-state index contributed by atoms with van der Waals surface area (Å²) in [6.07, 6.45) is 2.12. The first-order chi connectivity index (χ1) is 13.5. The topological polar surface area (TPSA) is 82.6 Å². The third-order valence-corrected chi connectivity index (χ3v) is 6.19. The number of carbonyl (C=O) groups excluding carboxylic acids is 3. The van der Waals surface area contributed by atoms with Crippen molar-refractivity contribution in [3.63, 3.8) is 0 Å². The molecular formula is C20H22N4O3S. The van der Waals surface area contributed by atoms with E-state index in [0.717, 1.165) is 18.5 Å². The van der Waals surface area contributed by atoms with E-state index in [1.165, 1.54) is 16.2 Å². The quantitative estimate of drug-likeness (QED) is 0.839. The highest BCUT2D eigenvalue weighted by atomic mass is 32.1. The lowest BCUT2D eigenvalue weighted by molar-refractivity contribution is -0.129. The number of fused-ring (bicyclic) bond motifs is 3. The highest BCUT2D eigenvalue weighted by molar-refractivity contribution is 7.13. The van der Waals surface area contributed by atoms with Crippen LogP contribution in [0.2, 0.25) is 0 Å². The van der Waals surface area contributed by atoms with Gasteiger partial charge in [0.15, 0.2) is 5.13 Å². The van der Waals surface area contributed by atoms with Crippen molar-refractivity contribution in [2.45, 2.75) is 45.2 Å². The van der Waals surface area contributed by atoms with Gasteiger partial charge in [-0.1, -0.05) is 25.5 Å². The Morgan fingerprint density at radius 1 is 1.32 bits per heavy atom. The Bertz CT molecular complexity index is 956. The van der Waals surface area contributed by atoms with Gasteiger partial charge >= 0.3 is 0 Å². The van der Waals surface area contributed by atoms with E-state index in [1.54, 1.807) is 29.2 Å². The standard InChI is InChI=1S/C20H22N4O3S/c1-3-4-11-23-17(26)14-7-5-6-8-15(14)24-16(25)9-10-20(23,24)18(27)22-19-21-13(2)12-28-19/h5-8,12H,3-4,9-11H2,1-2H3,(H,21,22,27). The normalized spacial score (nSPS) is 20.9. The summed E-state index contributed by atoms with van der Waals surface area (Å²) in [5, 5.41) is 5.17. The number of rotatable bonds is 5. The molecule has 146 valence electrons. The second-order valence-corrected chi connectivity index (χ2v) is 7.98. The molecular weight excluding hydrogens is 376 g/mol. The van der Waals surface area contributed by atoms with Crippen LogP contribution < -0.4 is 10.2 Å². The van der Waals surface area contributed by atoms with E-state index in [0.29, 0.717) is 22.9 Å². The number of aromatic nitrogens is 1. The fourth-order valence-corrected chi connectivity index (χ4v) is 4.70. The number of nitrogens with one attached hydrogen (secondary N) is 1. The number of aryl methyl sites for hydroxylation is 1. The maximum atomic E-state index is 13.5. The molecule has 0 saturated carbocycles. The van der Waals surface area contributed by atoms with Crippen molar-refractivity contribution in [3.8, 4) is 0 Å². The summed E-state index contributed by atoms with van der Waals surface area (Å²) in [4.78, 5) is 47.1. The molecule has 7 nitrogen and oxygen atoms in total. The first kappa shape index (κ1) is 18.6. The summed E-state index contributed by atoms with van der Waals surface area (Å²) in [5.41, 5.74) is 0.428. The molecule has 1 N–H and O–H groups in total. The van der Waals surface area contributed by atoms with Crippen molar-refractivity contribution < 1.29 is 14.4 Å². The van der Waals surface area contributed by atoms with E-state index in [2.05, 4.69) is 10.3 Å². The molecule has 3 amide bonds. The second kappa shape index (κ2) is 7.01. The number of benzene rings is 1. The molecule has 1 aromatic heterocycles. The Morgan fingerprint density at radius 2 is 2.11 bits per heavy atom. The Morgan fingerprint density at radius 3 is 2.82 bits per heavy atom. The van der Waals surface area contributed by atoms with Crippen LogP contribution in [0, 0.1) is 6.92 Å². The van der Waals surface area contributed by atoms with Crippen molar-refractivity contribution in [1.29, 1.82) is 0 Å². The molecule has 2 aliphatic rings. The third kappa shape index (κ3) is 2.71. The number of para-hydroxylation sites is 1. The zero-order valence-corrected chi connectivity index (χ0v) is 16.7. The minimum atomic E-state index is -1.35. The number of amides is 3. The summed E-state index contributed by atoms with van der Waals surface area (Å²) in [6.45, 7) is 4.30. The largest absolute Gasteiger partial charge is 0.307 e. The molecule has 4 rings (SSSR count). The number of unbranched alkanes of at least 4 members (excludes halogenated alkanes) is 1. The van der Waals surface area contributed by atoms with Crippen LogP contribution in [-0.4, -0.2) is 39.8 Å². The van der Waals surface area contributed by atoms with Gasteiger partial charge in [-0.15, -0.1) is 11.3 Å². The number of thiazole rings is 1. The maximum absolute atomic E-state index is 13.5. The zero-order chi connectivity index (χ0) is 19.9. The lowest BCUT2D eigenvalue weighted by Gasteiger charge is -2.49. The van der Waals surface area contributed by atoms with Gasteiger partial charge in [-0.25, -0.2) is 4.98 Å². The molecule has 2 aromatic rings. The van der Waals surface area contributed by atoms with Gasteiger partial charge in [-0.05, 0) is 25.5 Å². The molecule has 0 radical (unpaired) electrons. The van der Waals surface area contributed by atoms with Gasteiger partial charge in [0.05, 0.1) is 16.9 Å². The molecule has 1 aromatic carbocycles. The van der Waals surface area contributed by atoms with Crippen LogP contribution in [0.15, 0.2) is 29.6 Å². The van der Waals surface area contributed by atoms with Crippen LogP contribution in [0.3, 0.4) is 0 Å². The van der Waals surface area contributed by atoms with Crippen LogP contribution in [0.4, 0.5) is 10.8 Å². The van der Waals surface area contributed by atoms with Gasteiger partial charge in [0.1, 0.15) is 0 Å². The first-order valence-electron chi connectivity index (χ1n) is 9.46. The van der Waals surface area contributed by atoms with Crippen LogP contribution in [0.25, 0.3) is 0 Å². The minimum Gasteiger partial charge on any atom is -0.307 e. The average Bonchev–Trinajstić information content (AvgIpc) is 3.25. The Balaban J connectivity index is 1.83. The van der Waals surface area contributed by atoms with Crippen LogP contribution >= 0.6 is 11.3 Å². The maximum Gasteiger partial charge on any atom is 0.273 e. The Labute approximate surface area is 167 Å². The number of hydrogen-bond acceptors (Lipinski definition) is 5. The molecule has 28 heavy (non-hydrogen) atoms. The van der Waals surface area contributed by atoms with Gasteiger partial charge in [0, 0.05) is 24.8 Å². The Kier molecular flexibility index (Phi) is 4.66. The predicted octanol–water partition coefficient (Wildman–Crippen LogP) is 3.17. The zero-order valence-electron chi connectivity index (χ0n) is 15.9. The summed E-state index contributed by atoms with van der Waals surface area (Å²) >= 11 is 1.33. The van der Waals surface area contributed by atoms with Crippen molar-refractivity contribution >= 4 is 39.9 Å². The number of hydrogen-bond donors (Lipinski definition) is 1. The van der Waals surface area contributed by atoms with E-state index in [1.807, 2.05) is 19.2 Å². The highest BCUT2D eigenvalue weighted by Crippen LogP contribution is 2.45. The van der Waals surface area contributed by atoms with Gasteiger partial charge in [0.2, 0.25) is 11.6 Å². The number of nitrogens with zero attached hydrogens (tertiary/aromatic N) is 3. The molecule has 3 heterocycles. The summed E-state index contributed by atoms with van der Waals surface area (Å²) in [5.74, 6) is -0.737. The van der Waals surface area contributed by atoms with E-state index in [-0.39, 0.29) is 30.6 Å². The SMILES string of the molecule is CCCCN1C(=O)c2ccccc2N2C(=O)CCC12C(=O)Nc1nc(C)cs1. The van der Waals surface area contributed by atoms with E-state index in [9.17, 15) is 14.4 Å². The Hall–Kier alpha value is -2.74. The molecule has 1 unspecified atom stereocenters. The monoisotopic (exact) mass is 398 g/mol. The van der Waals surface area contributed by atoms with Gasteiger partial charge in [-0.3, -0.25) is 24.6 Å². The average molecular weight is 398 g/mol. The van der Waals surface area contributed by atoms with E-state index in [4.69, 9.17) is 0 Å². The van der Waals surface area contributed by atoms with Gasteiger partial charge in [-0.2, -0.15) is 0 Å². The third-order valence-electron chi connectivity index (χ3n) is 5.31. The first-order valence-corrected chi connectivity index (χ1v) is 10.3. The fourth-order valence-electron chi connectivity index (χ4n) is 4.01.